The van der Waals surface area contributed by atoms with E-state index in [0.29, 0.717) is 0 Å². The van der Waals surface area contributed by atoms with Gasteiger partial charge in [0.05, 0.1) is 11.7 Å². The number of carboxylic acids is 1. The number of aromatic carboxylic acids is 1. The van der Waals surface area contributed by atoms with Crippen molar-refractivity contribution in [2.75, 3.05) is 6.54 Å². The normalized spacial score (nSPS) is 17.8. The molecule has 36 heavy (non-hydrogen) atoms. The minimum Gasteiger partial charge on any atom is -0.490 e. The van der Waals surface area contributed by atoms with E-state index < -0.39 is 11.8 Å². The van der Waals surface area contributed by atoms with Crippen LogP contribution in [0.2, 0.25) is 0 Å². The maximum Gasteiger partial charge on any atom is 0.338 e. The lowest BCUT2D eigenvalue weighted by atomic mass is 9.82. The van der Waals surface area contributed by atoms with Gasteiger partial charge in [0, 0.05) is 17.5 Å². The van der Waals surface area contributed by atoms with E-state index in [1.54, 1.807) is 6.07 Å². The molecular formula is C31H30FNO3. The molecule has 0 amide bonds. The van der Waals surface area contributed by atoms with Crippen LogP contribution in [0.1, 0.15) is 65.2 Å². The standard InChI is InChI=1S/C31H30FNO3/c1-20(24-13-6-9-21-8-2-3-11-25(21)24)33-17-7-10-23-19-27(26-12-4-5-14-30(26)36-23)22-15-16-29(32)28(18-22)31(34)35/h2-6,8-9,11-16,18,20,23,27,33H,7,10,17,19H2,1H3,(H,34,35)/t20?,23-,27-/m1/s1. The average Bonchev–Trinajstić information content (AvgIpc) is 2.90. The summed E-state index contributed by atoms with van der Waals surface area (Å²) in [5, 5.41) is 15.6. The summed E-state index contributed by atoms with van der Waals surface area (Å²) in [5.41, 5.74) is 2.82. The van der Waals surface area contributed by atoms with Gasteiger partial charge >= 0.3 is 5.97 Å². The zero-order valence-corrected chi connectivity index (χ0v) is 20.3. The van der Waals surface area contributed by atoms with E-state index >= 15 is 0 Å². The van der Waals surface area contributed by atoms with Crippen molar-refractivity contribution in [3.63, 3.8) is 0 Å². The number of hydrogen-bond acceptors (Lipinski definition) is 3. The Bertz CT molecular complexity index is 1380. The van der Waals surface area contributed by atoms with Crippen molar-refractivity contribution in [1.82, 2.24) is 5.32 Å². The fourth-order valence-electron chi connectivity index (χ4n) is 5.30. The first-order chi connectivity index (χ1) is 17.5. The van der Waals surface area contributed by atoms with Crippen LogP contribution in [0.15, 0.2) is 84.9 Å². The van der Waals surface area contributed by atoms with Gasteiger partial charge in [0.1, 0.15) is 11.6 Å². The van der Waals surface area contributed by atoms with Crippen molar-refractivity contribution in [3.8, 4) is 5.75 Å². The van der Waals surface area contributed by atoms with Crippen molar-refractivity contribution in [3.05, 3.63) is 113 Å². The summed E-state index contributed by atoms with van der Waals surface area (Å²) in [6.45, 7) is 3.05. The third-order valence-electron chi connectivity index (χ3n) is 7.15. The summed E-state index contributed by atoms with van der Waals surface area (Å²) in [6, 6.07) is 27.4. The molecule has 0 aromatic heterocycles. The highest BCUT2D eigenvalue weighted by atomic mass is 19.1. The largest absolute Gasteiger partial charge is 0.490 e. The molecule has 0 saturated carbocycles. The maximum absolute atomic E-state index is 14.0. The molecule has 1 aliphatic heterocycles. The molecular weight excluding hydrogens is 453 g/mol. The molecule has 5 rings (SSSR count). The summed E-state index contributed by atoms with van der Waals surface area (Å²) in [4.78, 5) is 11.5. The highest BCUT2D eigenvalue weighted by molar-refractivity contribution is 5.88. The van der Waals surface area contributed by atoms with E-state index in [4.69, 9.17) is 4.74 Å². The van der Waals surface area contributed by atoms with E-state index in [1.165, 1.54) is 28.5 Å². The Morgan fingerprint density at radius 1 is 1.06 bits per heavy atom. The van der Waals surface area contributed by atoms with Gasteiger partial charge in [-0.2, -0.15) is 0 Å². The SMILES string of the molecule is CC(NCCC[C@@H]1C[C@H](c2ccc(F)c(C(=O)O)c2)c2ccccc2O1)c1cccc2ccccc12. The van der Waals surface area contributed by atoms with Gasteiger partial charge in [-0.05, 0) is 72.8 Å². The van der Waals surface area contributed by atoms with Gasteiger partial charge in [-0.1, -0.05) is 66.7 Å². The number of carbonyl (C=O) groups is 1. The van der Waals surface area contributed by atoms with Gasteiger partial charge in [-0.25, -0.2) is 9.18 Å². The molecule has 0 spiro atoms. The number of hydrogen-bond donors (Lipinski definition) is 2. The van der Waals surface area contributed by atoms with Crippen molar-refractivity contribution in [2.24, 2.45) is 0 Å². The van der Waals surface area contributed by atoms with Crippen molar-refractivity contribution in [2.45, 2.75) is 44.2 Å². The van der Waals surface area contributed by atoms with E-state index in [1.807, 2.05) is 24.3 Å². The van der Waals surface area contributed by atoms with Crippen molar-refractivity contribution in [1.29, 1.82) is 0 Å². The molecule has 0 bridgehead atoms. The summed E-state index contributed by atoms with van der Waals surface area (Å²) in [7, 11) is 0. The Balaban J connectivity index is 1.25. The first kappa shape index (κ1) is 24.0. The third kappa shape index (κ3) is 4.98. The van der Waals surface area contributed by atoms with Crippen molar-refractivity contribution >= 4 is 16.7 Å². The molecule has 5 heteroatoms. The maximum atomic E-state index is 14.0. The van der Waals surface area contributed by atoms with Crippen LogP contribution < -0.4 is 10.1 Å². The minimum absolute atomic E-state index is 0.00195. The first-order valence-electron chi connectivity index (χ1n) is 12.5. The summed E-state index contributed by atoms with van der Waals surface area (Å²) in [5.74, 6) is -1.19. The molecule has 0 aliphatic carbocycles. The monoisotopic (exact) mass is 483 g/mol. The first-order valence-corrected chi connectivity index (χ1v) is 12.5. The summed E-state index contributed by atoms with van der Waals surface area (Å²) in [6.07, 6.45) is 2.53. The summed E-state index contributed by atoms with van der Waals surface area (Å²) < 4.78 is 20.3. The predicted octanol–water partition coefficient (Wildman–Crippen LogP) is 7.09. The number of fused-ring (bicyclic) bond motifs is 2. The Hall–Kier alpha value is -3.70. The van der Waals surface area contributed by atoms with Crippen LogP contribution in [0.3, 0.4) is 0 Å². The second-order valence-electron chi connectivity index (χ2n) is 9.50. The van der Waals surface area contributed by atoms with E-state index in [2.05, 4.69) is 54.7 Å². The van der Waals surface area contributed by atoms with Gasteiger partial charge in [0.15, 0.2) is 0 Å². The lowest BCUT2D eigenvalue weighted by molar-refractivity contribution is 0.0691. The Morgan fingerprint density at radius 2 is 1.83 bits per heavy atom. The molecule has 1 unspecified atom stereocenters. The Kier molecular flexibility index (Phi) is 7.01. The topological polar surface area (TPSA) is 58.6 Å². The molecule has 0 saturated heterocycles. The molecule has 4 nitrogen and oxygen atoms in total. The van der Waals surface area contributed by atoms with Crippen LogP contribution in [-0.2, 0) is 0 Å². The zero-order valence-electron chi connectivity index (χ0n) is 20.3. The predicted molar refractivity (Wildman–Crippen MR) is 140 cm³/mol. The third-order valence-corrected chi connectivity index (χ3v) is 7.15. The molecule has 0 fully saturated rings. The Labute approximate surface area is 210 Å². The van der Waals surface area contributed by atoms with Crippen LogP contribution >= 0.6 is 0 Å². The molecule has 1 aliphatic rings. The van der Waals surface area contributed by atoms with Crippen LogP contribution in [0, 0.1) is 5.82 Å². The fraction of sp³-hybridized carbons (Fsp3) is 0.258. The number of benzene rings is 4. The van der Waals surface area contributed by atoms with Crippen LogP contribution in [0.5, 0.6) is 5.75 Å². The number of ether oxygens (including phenoxy) is 1. The molecule has 4 aromatic rings. The Morgan fingerprint density at radius 3 is 2.69 bits per heavy atom. The minimum atomic E-state index is -1.25. The van der Waals surface area contributed by atoms with Gasteiger partial charge < -0.3 is 15.2 Å². The number of rotatable bonds is 8. The number of para-hydroxylation sites is 1. The molecule has 2 N–H and O–H groups in total. The molecule has 1 heterocycles. The van der Waals surface area contributed by atoms with E-state index in [0.717, 1.165) is 42.7 Å². The highest BCUT2D eigenvalue weighted by Gasteiger charge is 2.30. The second-order valence-corrected chi connectivity index (χ2v) is 9.50. The van der Waals surface area contributed by atoms with Gasteiger partial charge in [-0.15, -0.1) is 0 Å². The molecule has 184 valence electrons. The second kappa shape index (κ2) is 10.5. The lowest BCUT2D eigenvalue weighted by Gasteiger charge is -2.33. The quantitative estimate of drug-likeness (QED) is 0.263. The smallest absolute Gasteiger partial charge is 0.338 e. The molecule has 0 radical (unpaired) electrons. The van der Waals surface area contributed by atoms with Crippen LogP contribution in [-0.4, -0.2) is 23.7 Å². The van der Waals surface area contributed by atoms with Gasteiger partial charge in [-0.3, -0.25) is 0 Å². The summed E-state index contributed by atoms with van der Waals surface area (Å²) >= 11 is 0. The number of nitrogens with one attached hydrogen (secondary N) is 1. The molecule has 4 aromatic carbocycles. The van der Waals surface area contributed by atoms with Crippen LogP contribution in [0.4, 0.5) is 4.39 Å². The molecule has 3 atom stereocenters. The number of carboxylic acid groups (broad SMARTS) is 1. The highest BCUT2D eigenvalue weighted by Crippen LogP contribution is 2.41. The van der Waals surface area contributed by atoms with Gasteiger partial charge in [0.2, 0.25) is 0 Å². The van der Waals surface area contributed by atoms with E-state index in [9.17, 15) is 14.3 Å². The average molecular weight is 484 g/mol. The van der Waals surface area contributed by atoms with Crippen LogP contribution in [0.25, 0.3) is 10.8 Å². The van der Waals surface area contributed by atoms with Crippen molar-refractivity contribution < 1.29 is 19.0 Å². The van der Waals surface area contributed by atoms with E-state index in [-0.39, 0.29) is 23.6 Å². The lowest BCUT2D eigenvalue weighted by Crippen LogP contribution is -2.28. The van der Waals surface area contributed by atoms with Gasteiger partial charge in [0.25, 0.3) is 0 Å². The zero-order chi connectivity index (χ0) is 25.1. The number of halogens is 1. The fourth-order valence-corrected chi connectivity index (χ4v) is 5.30.